The number of anilines is 1. The van der Waals surface area contributed by atoms with Crippen LogP contribution in [0, 0.1) is 0 Å². The number of nitrogens with one attached hydrogen (secondary N) is 1. The van der Waals surface area contributed by atoms with Crippen molar-refractivity contribution in [3.05, 3.63) is 42.6 Å². The molecule has 10 nitrogen and oxygen atoms in total. The largest absolute Gasteiger partial charge is 0.416 e. The van der Waals surface area contributed by atoms with Gasteiger partial charge in [0.2, 0.25) is 5.88 Å². The second-order valence-corrected chi connectivity index (χ2v) is 8.58. The number of aromatic nitrogens is 3. The molecule has 0 unspecified atom stereocenters. The molecule has 0 aliphatic carbocycles. The predicted octanol–water partition coefficient (Wildman–Crippen LogP) is 2.35. The molecule has 3 rings (SSSR count). The summed E-state index contributed by atoms with van der Waals surface area (Å²) >= 11 is 4.21. The van der Waals surface area contributed by atoms with Crippen molar-refractivity contribution in [3.63, 3.8) is 0 Å². The van der Waals surface area contributed by atoms with Crippen LogP contribution in [-0.2, 0) is 6.54 Å². The Balaban J connectivity index is 1.48. The number of thiol groups is 1. The average Bonchev–Trinajstić information content (AvgIpc) is 2.74. The summed E-state index contributed by atoms with van der Waals surface area (Å²) in [4.78, 5) is 40.8. The Hall–Kier alpha value is -2.92. The highest BCUT2D eigenvalue weighted by Gasteiger charge is 2.24. The van der Waals surface area contributed by atoms with Crippen molar-refractivity contribution in [2.75, 3.05) is 30.5 Å². The van der Waals surface area contributed by atoms with E-state index in [1.54, 1.807) is 17.2 Å². The zero-order valence-electron chi connectivity index (χ0n) is 17.9. The molecule has 1 saturated heterocycles. The summed E-state index contributed by atoms with van der Waals surface area (Å²) < 4.78 is 6.53. The van der Waals surface area contributed by atoms with Crippen LogP contribution in [-0.4, -0.2) is 68.6 Å². The number of ether oxygens (including phenoxy) is 1. The molecule has 11 heteroatoms. The molecule has 1 N–H and O–H groups in total. The van der Waals surface area contributed by atoms with Gasteiger partial charge >= 0.3 is 12.1 Å². The van der Waals surface area contributed by atoms with Crippen LogP contribution in [0.1, 0.15) is 26.5 Å². The van der Waals surface area contributed by atoms with Gasteiger partial charge in [-0.15, -0.1) is 0 Å². The van der Waals surface area contributed by atoms with Crippen molar-refractivity contribution in [1.29, 1.82) is 0 Å². The fraction of sp³-hybridized carbons (Fsp3) is 0.450. The summed E-state index contributed by atoms with van der Waals surface area (Å²) in [6, 6.07) is 4.66. The van der Waals surface area contributed by atoms with E-state index < -0.39 is 6.09 Å². The number of carbonyl (C=O) groups is 2. The third-order valence-electron chi connectivity index (χ3n) is 4.49. The fourth-order valence-corrected chi connectivity index (χ4v) is 3.10. The van der Waals surface area contributed by atoms with Gasteiger partial charge in [0.15, 0.2) is 0 Å². The van der Waals surface area contributed by atoms with E-state index in [1.165, 1.54) is 18.6 Å². The zero-order valence-corrected chi connectivity index (χ0v) is 18.7. The number of rotatable bonds is 4. The van der Waals surface area contributed by atoms with E-state index in [1.807, 2.05) is 26.8 Å². The van der Waals surface area contributed by atoms with Gasteiger partial charge in [0.05, 0.1) is 17.6 Å². The molecule has 3 heterocycles. The van der Waals surface area contributed by atoms with Crippen LogP contribution < -0.4 is 14.4 Å². The van der Waals surface area contributed by atoms with Crippen LogP contribution in [0.3, 0.4) is 0 Å². The maximum Gasteiger partial charge on any atom is 0.416 e. The maximum absolute atomic E-state index is 12.5. The quantitative estimate of drug-likeness (QED) is 0.696. The molecule has 2 aromatic rings. The first kappa shape index (κ1) is 22.8. The van der Waals surface area contributed by atoms with Gasteiger partial charge in [-0.3, -0.25) is 4.90 Å². The Bertz CT molecular complexity index is 882. The number of hydrogen-bond acceptors (Lipinski definition) is 8. The minimum atomic E-state index is -0.449. The number of piperazine rings is 1. The summed E-state index contributed by atoms with van der Waals surface area (Å²) in [5.74, 6) is 0.162. The number of pyridine rings is 1. The highest BCUT2D eigenvalue weighted by molar-refractivity contribution is 7.82. The van der Waals surface area contributed by atoms with E-state index in [-0.39, 0.29) is 17.5 Å². The van der Waals surface area contributed by atoms with Crippen molar-refractivity contribution in [2.45, 2.75) is 32.9 Å². The molecule has 0 atom stereocenters. The lowest BCUT2D eigenvalue weighted by atomic mass is 10.1. The molecule has 166 valence electrons. The Morgan fingerprint density at radius 1 is 1.16 bits per heavy atom. The summed E-state index contributed by atoms with van der Waals surface area (Å²) in [6.07, 6.45) is 4.23. The zero-order chi connectivity index (χ0) is 22.4. The number of carbonyl (C=O) groups excluding carboxylic acids is 2. The van der Waals surface area contributed by atoms with E-state index in [0.717, 1.165) is 29.6 Å². The van der Waals surface area contributed by atoms with Gasteiger partial charge < -0.3 is 15.0 Å². The molecule has 0 bridgehead atoms. The molecular weight excluding hydrogens is 418 g/mol. The fourth-order valence-electron chi connectivity index (χ4n) is 2.93. The average molecular weight is 446 g/mol. The Morgan fingerprint density at radius 3 is 2.48 bits per heavy atom. The van der Waals surface area contributed by atoms with Crippen molar-refractivity contribution in [2.24, 2.45) is 0 Å². The molecular formula is C20H27N7O3S. The van der Waals surface area contributed by atoms with E-state index >= 15 is 0 Å². The Kier molecular flexibility index (Phi) is 7.29. The van der Waals surface area contributed by atoms with Gasteiger partial charge in [0, 0.05) is 50.5 Å². The normalized spacial score (nSPS) is 14.8. The van der Waals surface area contributed by atoms with Crippen LogP contribution >= 0.6 is 12.8 Å². The van der Waals surface area contributed by atoms with Crippen LogP contribution in [0.25, 0.3) is 0 Å². The van der Waals surface area contributed by atoms with Crippen molar-refractivity contribution >= 4 is 30.6 Å². The minimum Gasteiger partial charge on any atom is -0.391 e. The summed E-state index contributed by atoms with van der Waals surface area (Å²) in [5.41, 5.74) is 1.02. The van der Waals surface area contributed by atoms with E-state index in [4.69, 9.17) is 4.74 Å². The first-order valence-electron chi connectivity index (χ1n) is 9.92. The van der Waals surface area contributed by atoms with Crippen LogP contribution in [0.5, 0.6) is 5.88 Å². The first-order valence-corrected chi connectivity index (χ1v) is 10.3. The van der Waals surface area contributed by atoms with Crippen molar-refractivity contribution < 1.29 is 14.3 Å². The minimum absolute atomic E-state index is 0.162. The van der Waals surface area contributed by atoms with Crippen molar-refractivity contribution in [3.8, 4) is 5.88 Å². The smallest absolute Gasteiger partial charge is 0.391 e. The highest BCUT2D eigenvalue weighted by atomic mass is 32.1. The highest BCUT2D eigenvalue weighted by Crippen LogP contribution is 2.19. The molecule has 2 aromatic heterocycles. The molecule has 1 fully saturated rings. The molecule has 0 radical (unpaired) electrons. The van der Waals surface area contributed by atoms with E-state index in [2.05, 4.69) is 38.0 Å². The molecule has 0 spiro atoms. The molecule has 1 aliphatic rings. The first-order chi connectivity index (χ1) is 14.7. The third-order valence-corrected chi connectivity index (χ3v) is 4.90. The maximum atomic E-state index is 12.5. The second-order valence-electron chi connectivity index (χ2n) is 8.18. The van der Waals surface area contributed by atoms with Crippen LogP contribution in [0.15, 0.2) is 36.9 Å². The van der Waals surface area contributed by atoms with Gasteiger partial charge in [-0.05, 0) is 32.9 Å². The van der Waals surface area contributed by atoms with Gasteiger partial charge in [0.25, 0.3) is 0 Å². The summed E-state index contributed by atoms with van der Waals surface area (Å²) in [5, 5.41) is 2.81. The van der Waals surface area contributed by atoms with Crippen LogP contribution in [0.2, 0.25) is 0 Å². The number of urea groups is 1. The standard InChI is InChI=1S/C20H27N7O3S/c1-20(2,3)24-18(28)27(31)16-4-5-17(22-12-16)30-19(29)26-10-8-25(9-11-26)13-15-6-7-21-14-23-15/h4-7,12,14,31H,8-11,13H2,1-3H3,(H,24,28). The lowest BCUT2D eigenvalue weighted by molar-refractivity contribution is 0.106. The van der Waals surface area contributed by atoms with Gasteiger partial charge in [-0.25, -0.2) is 28.8 Å². The molecule has 1 aliphatic heterocycles. The lowest BCUT2D eigenvalue weighted by Gasteiger charge is -2.33. The SMILES string of the molecule is CC(C)(C)NC(=O)N(S)c1ccc(OC(=O)N2CCN(Cc3ccncn3)CC2)nc1. The lowest BCUT2D eigenvalue weighted by Crippen LogP contribution is -2.49. The Morgan fingerprint density at radius 2 is 1.90 bits per heavy atom. The number of hydrogen-bond donors (Lipinski definition) is 2. The second kappa shape index (κ2) is 9.92. The molecule has 31 heavy (non-hydrogen) atoms. The molecule has 0 saturated carbocycles. The van der Waals surface area contributed by atoms with Crippen molar-refractivity contribution in [1.82, 2.24) is 30.1 Å². The number of nitrogens with zero attached hydrogens (tertiary/aromatic N) is 6. The molecule has 0 aromatic carbocycles. The monoisotopic (exact) mass is 445 g/mol. The summed E-state index contributed by atoms with van der Waals surface area (Å²) in [6.45, 7) is 8.91. The van der Waals surface area contributed by atoms with Gasteiger partial charge in [0.1, 0.15) is 6.33 Å². The van der Waals surface area contributed by atoms with Gasteiger partial charge in [-0.2, -0.15) is 0 Å². The van der Waals surface area contributed by atoms with E-state index in [9.17, 15) is 9.59 Å². The van der Waals surface area contributed by atoms with E-state index in [0.29, 0.717) is 18.8 Å². The third kappa shape index (κ3) is 6.79. The number of amides is 3. The Labute approximate surface area is 187 Å². The van der Waals surface area contributed by atoms with Gasteiger partial charge in [-0.1, -0.05) is 12.8 Å². The topological polar surface area (TPSA) is 104 Å². The molecule has 3 amide bonds. The predicted molar refractivity (Wildman–Crippen MR) is 119 cm³/mol. The summed E-state index contributed by atoms with van der Waals surface area (Å²) in [7, 11) is 0. The van der Waals surface area contributed by atoms with Crippen LogP contribution in [0.4, 0.5) is 15.3 Å².